The summed E-state index contributed by atoms with van der Waals surface area (Å²) in [5.74, 6) is 0.478. The van der Waals surface area contributed by atoms with Gasteiger partial charge in [-0.2, -0.15) is 0 Å². The Hall–Kier alpha value is -2.07. The molecule has 1 atom stereocenters. The molecule has 112 valence electrons. The molecule has 0 aromatic heterocycles. The molecule has 1 amide bonds. The third kappa shape index (κ3) is 3.00. The van der Waals surface area contributed by atoms with Gasteiger partial charge in [0, 0.05) is 16.8 Å². The van der Waals surface area contributed by atoms with E-state index in [4.69, 9.17) is 16.2 Å². The summed E-state index contributed by atoms with van der Waals surface area (Å²) in [7, 11) is 1.65. The van der Waals surface area contributed by atoms with Crippen LogP contribution in [0.1, 0.15) is 31.9 Å². The van der Waals surface area contributed by atoms with E-state index >= 15 is 0 Å². The lowest BCUT2D eigenvalue weighted by Crippen LogP contribution is -2.34. The fourth-order valence-electron chi connectivity index (χ4n) is 2.56. The average molecular weight is 286 g/mol. The van der Waals surface area contributed by atoms with Gasteiger partial charge in [0.05, 0.1) is 7.11 Å². The fourth-order valence-corrected chi connectivity index (χ4v) is 2.56. The van der Waals surface area contributed by atoms with Crippen molar-refractivity contribution >= 4 is 16.7 Å². The Labute approximate surface area is 125 Å². The van der Waals surface area contributed by atoms with E-state index < -0.39 is 5.41 Å². The molecule has 0 spiro atoms. The van der Waals surface area contributed by atoms with E-state index in [0.29, 0.717) is 6.42 Å². The number of hydrogen-bond acceptors (Lipinski definition) is 3. The number of hydrogen-bond donors (Lipinski definition) is 2. The highest BCUT2D eigenvalue weighted by molar-refractivity contribution is 5.91. The van der Waals surface area contributed by atoms with Crippen LogP contribution in [0, 0.1) is 5.41 Å². The van der Waals surface area contributed by atoms with Gasteiger partial charge in [0.1, 0.15) is 5.75 Å². The molecule has 0 saturated carbocycles. The van der Waals surface area contributed by atoms with Gasteiger partial charge in [-0.15, -0.1) is 0 Å². The first-order chi connectivity index (χ1) is 9.86. The predicted octanol–water partition coefficient (Wildman–Crippen LogP) is 2.75. The van der Waals surface area contributed by atoms with Gasteiger partial charge in [0.15, 0.2) is 0 Å². The van der Waals surface area contributed by atoms with Gasteiger partial charge in [0.25, 0.3) is 0 Å². The molecular weight excluding hydrogens is 264 g/mol. The normalized spacial score (nSPS) is 13.1. The van der Waals surface area contributed by atoms with Gasteiger partial charge >= 0.3 is 0 Å². The molecule has 0 heterocycles. The van der Waals surface area contributed by atoms with Crippen molar-refractivity contribution in [2.24, 2.45) is 16.9 Å². The molecule has 0 fully saturated rings. The van der Waals surface area contributed by atoms with Crippen molar-refractivity contribution in [2.75, 3.05) is 7.11 Å². The number of ether oxygens (including phenoxy) is 1. The molecule has 4 N–H and O–H groups in total. The summed E-state index contributed by atoms with van der Waals surface area (Å²) >= 11 is 0. The molecule has 2 rings (SSSR count). The van der Waals surface area contributed by atoms with Crippen LogP contribution in [0.4, 0.5) is 0 Å². The summed E-state index contributed by atoms with van der Waals surface area (Å²) in [4.78, 5) is 11.5. The van der Waals surface area contributed by atoms with E-state index in [1.54, 1.807) is 7.11 Å². The molecule has 0 aliphatic rings. The predicted molar refractivity (Wildman–Crippen MR) is 85.0 cm³/mol. The second-order valence-electron chi connectivity index (χ2n) is 5.96. The number of methoxy groups -OCH3 is 1. The minimum absolute atomic E-state index is 0.261. The number of benzene rings is 2. The van der Waals surface area contributed by atoms with E-state index in [1.165, 1.54) is 0 Å². The maximum Gasteiger partial charge on any atom is 0.223 e. The standard InChI is InChI=1S/C17H22N2O2/c1-17(2,16(19)20)10-14(18)12-8-9-15(21-3)13-7-5-4-6-11(12)13/h4-9,14H,10,18H2,1-3H3,(H2,19,20). The van der Waals surface area contributed by atoms with Crippen molar-refractivity contribution in [1.82, 2.24) is 0 Å². The smallest absolute Gasteiger partial charge is 0.223 e. The molecule has 4 nitrogen and oxygen atoms in total. The van der Waals surface area contributed by atoms with Gasteiger partial charge in [0.2, 0.25) is 5.91 Å². The first-order valence-corrected chi connectivity index (χ1v) is 6.98. The lowest BCUT2D eigenvalue weighted by molar-refractivity contribution is -0.126. The van der Waals surface area contributed by atoms with E-state index in [0.717, 1.165) is 22.1 Å². The average Bonchev–Trinajstić information content (AvgIpc) is 2.45. The first-order valence-electron chi connectivity index (χ1n) is 6.98. The number of rotatable bonds is 5. The fraction of sp³-hybridized carbons (Fsp3) is 0.353. The van der Waals surface area contributed by atoms with Crippen LogP contribution >= 0.6 is 0 Å². The summed E-state index contributed by atoms with van der Waals surface area (Å²) < 4.78 is 5.39. The maximum atomic E-state index is 11.5. The number of primary amides is 1. The monoisotopic (exact) mass is 286 g/mol. The van der Waals surface area contributed by atoms with E-state index in [2.05, 4.69) is 0 Å². The Morgan fingerprint density at radius 3 is 2.38 bits per heavy atom. The van der Waals surface area contributed by atoms with Crippen molar-refractivity contribution in [3.8, 4) is 5.75 Å². The lowest BCUT2D eigenvalue weighted by atomic mass is 9.82. The van der Waals surface area contributed by atoms with Crippen LogP contribution in [-0.4, -0.2) is 13.0 Å². The summed E-state index contributed by atoms with van der Waals surface area (Å²) in [6, 6.07) is 11.6. The van der Waals surface area contributed by atoms with Crippen LogP contribution in [-0.2, 0) is 4.79 Å². The Balaban J connectivity index is 2.45. The minimum Gasteiger partial charge on any atom is -0.496 e. The van der Waals surface area contributed by atoms with Crippen LogP contribution in [0.5, 0.6) is 5.75 Å². The Kier molecular flexibility index (Phi) is 4.19. The quantitative estimate of drug-likeness (QED) is 0.887. The van der Waals surface area contributed by atoms with E-state index in [1.807, 2.05) is 50.2 Å². The van der Waals surface area contributed by atoms with Gasteiger partial charge in [-0.3, -0.25) is 4.79 Å². The Bertz CT molecular complexity index is 665. The third-order valence-corrected chi connectivity index (χ3v) is 3.93. The van der Waals surface area contributed by atoms with Crippen molar-refractivity contribution < 1.29 is 9.53 Å². The maximum absolute atomic E-state index is 11.5. The second-order valence-corrected chi connectivity index (χ2v) is 5.96. The molecule has 2 aromatic carbocycles. The van der Waals surface area contributed by atoms with Crippen molar-refractivity contribution in [2.45, 2.75) is 26.3 Å². The molecule has 0 aliphatic heterocycles. The van der Waals surface area contributed by atoms with Crippen molar-refractivity contribution in [1.29, 1.82) is 0 Å². The molecular formula is C17H22N2O2. The number of amides is 1. The van der Waals surface area contributed by atoms with Crippen molar-refractivity contribution in [3.05, 3.63) is 42.0 Å². The van der Waals surface area contributed by atoms with Crippen molar-refractivity contribution in [3.63, 3.8) is 0 Å². The lowest BCUT2D eigenvalue weighted by Gasteiger charge is -2.25. The SMILES string of the molecule is COc1ccc(C(N)CC(C)(C)C(N)=O)c2ccccc12. The molecule has 2 aromatic rings. The molecule has 0 saturated heterocycles. The first kappa shape index (κ1) is 15.3. The highest BCUT2D eigenvalue weighted by atomic mass is 16.5. The Morgan fingerprint density at radius 2 is 1.81 bits per heavy atom. The van der Waals surface area contributed by atoms with Crippen LogP contribution in [0.2, 0.25) is 0 Å². The molecule has 0 bridgehead atoms. The largest absolute Gasteiger partial charge is 0.496 e. The second kappa shape index (κ2) is 5.74. The molecule has 21 heavy (non-hydrogen) atoms. The number of carbonyl (C=O) groups is 1. The summed E-state index contributed by atoms with van der Waals surface area (Å²) in [5, 5.41) is 2.06. The summed E-state index contributed by atoms with van der Waals surface area (Å²) in [6.45, 7) is 3.64. The number of carbonyl (C=O) groups excluding carboxylic acids is 1. The van der Waals surface area contributed by atoms with Crippen LogP contribution < -0.4 is 16.2 Å². The highest BCUT2D eigenvalue weighted by Crippen LogP contribution is 2.35. The molecule has 4 heteroatoms. The molecule has 1 unspecified atom stereocenters. The molecule has 0 aliphatic carbocycles. The zero-order valence-electron chi connectivity index (χ0n) is 12.7. The van der Waals surface area contributed by atoms with Gasteiger partial charge in [-0.05, 0) is 23.4 Å². The number of nitrogens with two attached hydrogens (primary N) is 2. The topological polar surface area (TPSA) is 78.3 Å². The molecule has 0 radical (unpaired) electrons. The Morgan fingerprint density at radius 1 is 1.19 bits per heavy atom. The van der Waals surface area contributed by atoms with Crippen LogP contribution in [0.3, 0.4) is 0 Å². The zero-order valence-corrected chi connectivity index (χ0v) is 12.7. The van der Waals surface area contributed by atoms with Crippen LogP contribution in [0.25, 0.3) is 10.8 Å². The summed E-state index contributed by atoms with van der Waals surface area (Å²) in [6.07, 6.45) is 0.499. The van der Waals surface area contributed by atoms with Crippen LogP contribution in [0.15, 0.2) is 36.4 Å². The van der Waals surface area contributed by atoms with Gasteiger partial charge in [-0.1, -0.05) is 44.2 Å². The van der Waals surface area contributed by atoms with Gasteiger partial charge in [-0.25, -0.2) is 0 Å². The zero-order chi connectivity index (χ0) is 15.6. The summed E-state index contributed by atoms with van der Waals surface area (Å²) in [5.41, 5.74) is 12.1. The van der Waals surface area contributed by atoms with Gasteiger partial charge < -0.3 is 16.2 Å². The minimum atomic E-state index is -0.638. The van der Waals surface area contributed by atoms with E-state index in [-0.39, 0.29) is 11.9 Å². The highest BCUT2D eigenvalue weighted by Gasteiger charge is 2.28. The van der Waals surface area contributed by atoms with E-state index in [9.17, 15) is 4.79 Å². The third-order valence-electron chi connectivity index (χ3n) is 3.93. The number of fused-ring (bicyclic) bond motifs is 1.